The smallest absolute Gasteiger partial charge is 0.238 e. The number of halogens is 1. The second-order valence-electron chi connectivity index (χ2n) is 5.67. The molecule has 0 aliphatic carbocycles. The number of nitrogens with two attached hydrogens (primary N) is 1. The Balaban J connectivity index is 1.94. The summed E-state index contributed by atoms with van der Waals surface area (Å²) in [6.07, 6.45) is 3.40. The molecule has 0 radical (unpaired) electrons. The lowest BCUT2D eigenvalue weighted by atomic mass is 10.2. The third-order valence-corrected chi connectivity index (χ3v) is 4.76. The molecule has 132 valence electrons. The second-order valence-corrected chi connectivity index (χ2v) is 7.23. The zero-order chi connectivity index (χ0) is 18.5. The van der Waals surface area contributed by atoms with Crippen molar-refractivity contribution in [1.29, 1.82) is 0 Å². The molecule has 10 heteroatoms. The summed E-state index contributed by atoms with van der Waals surface area (Å²) in [6, 6.07) is 8.70. The molecule has 26 heavy (non-hydrogen) atoms. The van der Waals surface area contributed by atoms with Gasteiger partial charge in [-0.2, -0.15) is 10.2 Å². The van der Waals surface area contributed by atoms with E-state index >= 15 is 0 Å². The van der Waals surface area contributed by atoms with E-state index in [-0.39, 0.29) is 10.6 Å². The standard InChI is InChI=1S/C16H13FN6O2S/c1-10-20-16(11-5-7-22-12(8-11)4-6-19-22)23(21-10)15-9-13(26(18,24)25)2-3-14(15)17/h2-9H,1H3,(H2,18,24,25). The van der Waals surface area contributed by atoms with Gasteiger partial charge in [-0.3, -0.25) is 0 Å². The van der Waals surface area contributed by atoms with Gasteiger partial charge in [0, 0.05) is 18.0 Å². The van der Waals surface area contributed by atoms with E-state index in [1.54, 1.807) is 29.9 Å². The summed E-state index contributed by atoms with van der Waals surface area (Å²) in [5.74, 6) is 0.138. The lowest BCUT2D eigenvalue weighted by Crippen LogP contribution is -2.13. The molecule has 1 aromatic carbocycles. The second kappa shape index (κ2) is 5.71. The molecule has 0 unspecified atom stereocenters. The first-order valence-electron chi connectivity index (χ1n) is 7.53. The van der Waals surface area contributed by atoms with Gasteiger partial charge in [0.25, 0.3) is 0 Å². The number of hydrogen-bond acceptors (Lipinski definition) is 5. The summed E-state index contributed by atoms with van der Waals surface area (Å²) < 4.78 is 40.6. The number of aromatic nitrogens is 5. The van der Waals surface area contributed by atoms with Crippen LogP contribution in [0.25, 0.3) is 22.6 Å². The Bertz CT molecular complexity index is 1240. The molecule has 4 aromatic rings. The van der Waals surface area contributed by atoms with Crippen LogP contribution in [0.5, 0.6) is 0 Å². The summed E-state index contributed by atoms with van der Waals surface area (Å²) in [5.41, 5.74) is 1.45. The van der Waals surface area contributed by atoms with Crippen LogP contribution in [0.3, 0.4) is 0 Å². The average Bonchev–Trinajstić information content (AvgIpc) is 3.19. The van der Waals surface area contributed by atoms with Crippen LogP contribution in [0.2, 0.25) is 0 Å². The lowest BCUT2D eigenvalue weighted by Gasteiger charge is -2.09. The average molecular weight is 372 g/mol. The van der Waals surface area contributed by atoms with Gasteiger partial charge < -0.3 is 0 Å². The third kappa shape index (κ3) is 2.74. The molecule has 0 aliphatic heterocycles. The molecule has 2 N–H and O–H groups in total. The first-order chi connectivity index (χ1) is 12.3. The number of aryl methyl sites for hydroxylation is 1. The number of benzene rings is 1. The van der Waals surface area contributed by atoms with Gasteiger partial charge in [0.15, 0.2) is 5.82 Å². The Kier molecular flexibility index (Phi) is 3.60. The van der Waals surface area contributed by atoms with Crippen molar-refractivity contribution in [3.63, 3.8) is 0 Å². The van der Waals surface area contributed by atoms with E-state index in [4.69, 9.17) is 5.14 Å². The zero-order valence-electron chi connectivity index (χ0n) is 13.5. The van der Waals surface area contributed by atoms with Crippen molar-refractivity contribution in [3.05, 3.63) is 60.4 Å². The van der Waals surface area contributed by atoms with Crippen molar-refractivity contribution in [1.82, 2.24) is 24.4 Å². The van der Waals surface area contributed by atoms with Gasteiger partial charge >= 0.3 is 0 Å². The van der Waals surface area contributed by atoms with Gasteiger partial charge in [0.05, 0.1) is 10.4 Å². The monoisotopic (exact) mass is 372 g/mol. The van der Waals surface area contributed by atoms with Crippen LogP contribution in [-0.2, 0) is 10.0 Å². The molecular formula is C16H13FN6O2S. The predicted molar refractivity (Wildman–Crippen MR) is 91.6 cm³/mol. The summed E-state index contributed by atoms with van der Waals surface area (Å²) in [7, 11) is -3.98. The number of primary sulfonamides is 1. The highest BCUT2D eigenvalue weighted by Gasteiger charge is 2.18. The fraction of sp³-hybridized carbons (Fsp3) is 0.0625. The summed E-state index contributed by atoms with van der Waals surface area (Å²) in [6.45, 7) is 1.67. The van der Waals surface area contributed by atoms with Crippen LogP contribution in [0.4, 0.5) is 4.39 Å². The number of hydrogen-bond donors (Lipinski definition) is 1. The van der Waals surface area contributed by atoms with Crippen LogP contribution >= 0.6 is 0 Å². The number of sulfonamides is 1. The largest absolute Gasteiger partial charge is 0.241 e. The maximum absolute atomic E-state index is 14.4. The van der Waals surface area contributed by atoms with Gasteiger partial charge in [-0.05, 0) is 43.3 Å². The minimum Gasteiger partial charge on any atom is -0.241 e. The van der Waals surface area contributed by atoms with Crippen LogP contribution < -0.4 is 5.14 Å². The normalized spacial score (nSPS) is 12.0. The summed E-state index contributed by atoms with van der Waals surface area (Å²) >= 11 is 0. The maximum Gasteiger partial charge on any atom is 0.238 e. The third-order valence-electron chi connectivity index (χ3n) is 3.85. The zero-order valence-corrected chi connectivity index (χ0v) is 14.4. The van der Waals surface area contributed by atoms with E-state index in [1.807, 2.05) is 12.1 Å². The minimum atomic E-state index is -3.98. The molecule has 8 nitrogen and oxygen atoms in total. The van der Waals surface area contributed by atoms with Crippen LogP contribution in [0.15, 0.2) is 53.7 Å². The molecule has 0 atom stereocenters. The summed E-state index contributed by atoms with van der Waals surface area (Å²) in [5, 5.41) is 13.5. The van der Waals surface area contributed by atoms with Crippen molar-refractivity contribution >= 4 is 15.5 Å². The van der Waals surface area contributed by atoms with E-state index in [1.165, 1.54) is 4.68 Å². The Labute approximate surface area is 147 Å². The molecule has 3 heterocycles. The van der Waals surface area contributed by atoms with Crippen molar-refractivity contribution in [3.8, 4) is 17.1 Å². The molecule has 0 bridgehead atoms. The molecule has 3 aromatic heterocycles. The SMILES string of the molecule is Cc1nc(-c2ccn3nccc3c2)n(-c2cc(S(N)(=O)=O)ccc2F)n1. The molecule has 0 saturated carbocycles. The predicted octanol–water partition coefficient (Wildman–Crippen LogP) is 1.68. The molecule has 0 amide bonds. The van der Waals surface area contributed by atoms with Gasteiger partial charge in [-0.15, -0.1) is 0 Å². The van der Waals surface area contributed by atoms with Crippen LogP contribution in [0, 0.1) is 12.7 Å². The Morgan fingerprint density at radius 2 is 1.96 bits per heavy atom. The number of nitrogens with zero attached hydrogens (tertiary/aromatic N) is 5. The van der Waals surface area contributed by atoms with Gasteiger partial charge in [-0.1, -0.05) is 0 Å². The fourth-order valence-corrected chi connectivity index (χ4v) is 3.20. The van der Waals surface area contributed by atoms with Gasteiger partial charge in [0.1, 0.15) is 17.3 Å². The lowest BCUT2D eigenvalue weighted by molar-refractivity contribution is 0.594. The first kappa shape index (κ1) is 16.4. The van der Waals surface area contributed by atoms with Crippen molar-refractivity contribution < 1.29 is 12.8 Å². The molecule has 0 fully saturated rings. The molecule has 0 spiro atoms. The number of pyridine rings is 1. The van der Waals surface area contributed by atoms with Crippen LogP contribution in [0.1, 0.15) is 5.82 Å². The quantitative estimate of drug-likeness (QED) is 0.589. The van der Waals surface area contributed by atoms with E-state index in [0.717, 1.165) is 23.7 Å². The van der Waals surface area contributed by atoms with Crippen molar-refractivity contribution in [2.24, 2.45) is 5.14 Å². The van der Waals surface area contributed by atoms with E-state index in [9.17, 15) is 12.8 Å². The van der Waals surface area contributed by atoms with Crippen molar-refractivity contribution in [2.75, 3.05) is 0 Å². The van der Waals surface area contributed by atoms with Gasteiger partial charge in [0.2, 0.25) is 10.0 Å². The fourth-order valence-electron chi connectivity index (χ4n) is 2.66. The Hall–Kier alpha value is -3.11. The van der Waals surface area contributed by atoms with Gasteiger partial charge in [-0.25, -0.2) is 32.1 Å². The topological polar surface area (TPSA) is 108 Å². The number of fused-ring (bicyclic) bond motifs is 1. The van der Waals surface area contributed by atoms with E-state index in [2.05, 4.69) is 15.2 Å². The minimum absolute atomic E-state index is 0.0551. The van der Waals surface area contributed by atoms with E-state index < -0.39 is 15.8 Å². The van der Waals surface area contributed by atoms with E-state index in [0.29, 0.717) is 17.2 Å². The molecular weight excluding hydrogens is 359 g/mol. The van der Waals surface area contributed by atoms with Crippen LogP contribution in [-0.4, -0.2) is 32.8 Å². The highest BCUT2D eigenvalue weighted by atomic mass is 32.2. The molecule has 0 saturated heterocycles. The maximum atomic E-state index is 14.4. The molecule has 0 aliphatic rings. The first-order valence-corrected chi connectivity index (χ1v) is 9.08. The number of rotatable bonds is 3. The summed E-state index contributed by atoms with van der Waals surface area (Å²) in [4.78, 5) is 4.15. The molecule has 4 rings (SSSR count). The Morgan fingerprint density at radius 1 is 1.15 bits per heavy atom. The van der Waals surface area contributed by atoms with Crippen molar-refractivity contribution in [2.45, 2.75) is 11.8 Å². The highest BCUT2D eigenvalue weighted by molar-refractivity contribution is 7.89. The highest BCUT2D eigenvalue weighted by Crippen LogP contribution is 2.25. The Morgan fingerprint density at radius 3 is 2.73 bits per heavy atom.